The number of nitrogens with one attached hydrogen (secondary N) is 1. The average Bonchev–Trinajstić information content (AvgIpc) is 3.18. The summed E-state index contributed by atoms with van der Waals surface area (Å²) in [5, 5.41) is 12.0. The number of aromatic nitrogens is 4. The third-order valence-corrected chi connectivity index (χ3v) is 5.37. The second kappa shape index (κ2) is 9.74. The lowest BCUT2D eigenvalue weighted by Gasteiger charge is -2.05. The minimum Gasteiger partial charge on any atom is -0.325 e. The average molecular weight is 426 g/mol. The third-order valence-electron chi connectivity index (χ3n) is 4.35. The molecule has 0 aliphatic carbocycles. The van der Waals surface area contributed by atoms with Gasteiger partial charge in [-0.3, -0.25) is 9.78 Å². The number of benzene rings is 2. The maximum Gasteiger partial charge on any atom is 0.234 e. The Hall–Kier alpha value is -3.89. The Labute approximate surface area is 184 Å². The van der Waals surface area contributed by atoms with E-state index in [4.69, 9.17) is 0 Å². The Morgan fingerprint density at radius 2 is 1.68 bits per heavy atom. The van der Waals surface area contributed by atoms with E-state index in [1.54, 1.807) is 12.4 Å². The molecule has 2 heterocycles. The Morgan fingerprint density at radius 3 is 2.45 bits per heavy atom. The van der Waals surface area contributed by atoms with Crippen LogP contribution in [0.5, 0.6) is 0 Å². The molecule has 0 aliphatic heterocycles. The normalized spacial score (nSPS) is 10.2. The van der Waals surface area contributed by atoms with Crippen LogP contribution in [-0.2, 0) is 11.8 Å². The van der Waals surface area contributed by atoms with E-state index in [1.165, 1.54) is 11.8 Å². The molecule has 2 aromatic carbocycles. The summed E-state index contributed by atoms with van der Waals surface area (Å²) < 4.78 is 1.85. The van der Waals surface area contributed by atoms with Gasteiger partial charge in [0.25, 0.3) is 0 Å². The first kappa shape index (κ1) is 20.4. The van der Waals surface area contributed by atoms with Crippen molar-refractivity contribution in [3.63, 3.8) is 0 Å². The molecule has 0 aliphatic rings. The van der Waals surface area contributed by atoms with Crippen LogP contribution >= 0.6 is 11.8 Å². The predicted molar refractivity (Wildman–Crippen MR) is 122 cm³/mol. The Morgan fingerprint density at radius 1 is 0.968 bits per heavy atom. The van der Waals surface area contributed by atoms with Crippen molar-refractivity contribution in [1.82, 2.24) is 19.7 Å². The van der Waals surface area contributed by atoms with Gasteiger partial charge in [0.1, 0.15) is 0 Å². The smallest absolute Gasteiger partial charge is 0.234 e. The minimum absolute atomic E-state index is 0.0967. The summed E-state index contributed by atoms with van der Waals surface area (Å²) in [6.07, 6.45) is 3.45. The summed E-state index contributed by atoms with van der Waals surface area (Å²) in [4.78, 5) is 16.5. The standard InChI is InChI=1S/C24H19N5OS/c1-29-23(20-14-19(15-25-16-20)13-12-18-8-4-2-5-9-18)27-28-24(29)31-17-22(30)26-21-10-6-3-7-11-21/h2-11,14-16H,17H2,1H3,(H,26,30). The summed E-state index contributed by atoms with van der Waals surface area (Å²) >= 11 is 1.33. The molecule has 2 aromatic heterocycles. The molecule has 0 radical (unpaired) electrons. The number of carbonyl (C=O) groups is 1. The maximum absolute atomic E-state index is 12.2. The molecule has 152 valence electrons. The number of hydrogen-bond donors (Lipinski definition) is 1. The molecule has 4 aromatic rings. The molecule has 0 unspecified atom stereocenters. The SMILES string of the molecule is Cn1c(SCC(=O)Nc2ccccc2)nnc1-c1cncc(C#Cc2ccccc2)c1. The highest BCUT2D eigenvalue weighted by atomic mass is 32.2. The van der Waals surface area contributed by atoms with Crippen LogP contribution in [-0.4, -0.2) is 31.4 Å². The number of amides is 1. The summed E-state index contributed by atoms with van der Waals surface area (Å²) in [6.45, 7) is 0. The number of nitrogens with zero attached hydrogens (tertiary/aromatic N) is 4. The maximum atomic E-state index is 12.2. The highest BCUT2D eigenvalue weighted by Crippen LogP contribution is 2.23. The molecule has 0 spiro atoms. The number of carbonyl (C=O) groups excluding carboxylic acids is 1. The third kappa shape index (κ3) is 5.38. The zero-order valence-corrected chi connectivity index (χ0v) is 17.6. The summed E-state index contributed by atoms with van der Waals surface area (Å²) in [5.74, 6) is 7.07. The van der Waals surface area contributed by atoms with Crippen molar-refractivity contribution in [2.24, 2.45) is 7.05 Å². The molecule has 4 rings (SSSR count). The lowest BCUT2D eigenvalue weighted by molar-refractivity contribution is -0.113. The highest BCUT2D eigenvalue weighted by molar-refractivity contribution is 7.99. The molecule has 7 heteroatoms. The van der Waals surface area contributed by atoms with Gasteiger partial charge in [0.15, 0.2) is 11.0 Å². The van der Waals surface area contributed by atoms with Crippen LogP contribution in [0.4, 0.5) is 5.69 Å². The lowest BCUT2D eigenvalue weighted by Crippen LogP contribution is -2.14. The summed E-state index contributed by atoms with van der Waals surface area (Å²) in [6, 6.07) is 21.1. The van der Waals surface area contributed by atoms with Crippen molar-refractivity contribution < 1.29 is 4.79 Å². The van der Waals surface area contributed by atoms with E-state index >= 15 is 0 Å². The first-order chi connectivity index (χ1) is 15.2. The van der Waals surface area contributed by atoms with Crippen LogP contribution < -0.4 is 5.32 Å². The molecule has 6 nitrogen and oxygen atoms in total. The second-order valence-corrected chi connectivity index (χ2v) is 7.59. The second-order valence-electron chi connectivity index (χ2n) is 6.65. The lowest BCUT2D eigenvalue weighted by atomic mass is 10.1. The zero-order valence-electron chi connectivity index (χ0n) is 16.8. The molecule has 0 atom stereocenters. The van der Waals surface area contributed by atoms with E-state index in [2.05, 4.69) is 32.3 Å². The number of para-hydroxylation sites is 1. The van der Waals surface area contributed by atoms with Gasteiger partial charge in [-0.15, -0.1) is 10.2 Å². The van der Waals surface area contributed by atoms with Crippen LogP contribution in [0, 0.1) is 11.8 Å². The van der Waals surface area contributed by atoms with Gasteiger partial charge in [0, 0.05) is 41.8 Å². The zero-order chi connectivity index (χ0) is 21.5. The van der Waals surface area contributed by atoms with Gasteiger partial charge in [-0.05, 0) is 30.3 Å². The summed E-state index contributed by atoms with van der Waals surface area (Å²) in [5.41, 5.74) is 3.32. The molecule has 0 fully saturated rings. The van der Waals surface area contributed by atoms with Crippen LogP contribution in [0.15, 0.2) is 84.3 Å². The van der Waals surface area contributed by atoms with E-state index in [0.717, 1.165) is 22.4 Å². The number of anilines is 1. The predicted octanol–water partition coefficient (Wildman–Crippen LogP) is 4.01. The van der Waals surface area contributed by atoms with Crippen molar-refractivity contribution in [3.8, 4) is 23.2 Å². The van der Waals surface area contributed by atoms with E-state index in [0.29, 0.717) is 11.0 Å². The Balaban J connectivity index is 1.44. The summed E-state index contributed by atoms with van der Waals surface area (Å²) in [7, 11) is 1.87. The van der Waals surface area contributed by atoms with E-state index in [1.807, 2.05) is 78.3 Å². The molecule has 0 saturated heterocycles. The fraction of sp³-hybridized carbons (Fsp3) is 0.0833. The monoisotopic (exact) mass is 425 g/mol. The van der Waals surface area contributed by atoms with Gasteiger partial charge in [-0.2, -0.15) is 0 Å². The van der Waals surface area contributed by atoms with Crippen molar-refractivity contribution in [2.75, 3.05) is 11.1 Å². The number of rotatable bonds is 5. The van der Waals surface area contributed by atoms with E-state index < -0.39 is 0 Å². The van der Waals surface area contributed by atoms with Crippen molar-refractivity contribution in [3.05, 3.63) is 90.3 Å². The van der Waals surface area contributed by atoms with Gasteiger partial charge >= 0.3 is 0 Å². The fourth-order valence-electron chi connectivity index (χ4n) is 2.84. The first-order valence-electron chi connectivity index (χ1n) is 9.58. The molecule has 0 bridgehead atoms. The molecular formula is C24H19N5OS. The molecule has 1 N–H and O–H groups in total. The molecule has 0 saturated carbocycles. The van der Waals surface area contributed by atoms with E-state index in [9.17, 15) is 4.79 Å². The van der Waals surface area contributed by atoms with Crippen molar-refractivity contribution in [2.45, 2.75) is 5.16 Å². The first-order valence-corrected chi connectivity index (χ1v) is 10.6. The van der Waals surface area contributed by atoms with Crippen molar-refractivity contribution in [1.29, 1.82) is 0 Å². The molecule has 1 amide bonds. The van der Waals surface area contributed by atoms with Gasteiger partial charge in [0.2, 0.25) is 5.91 Å². The van der Waals surface area contributed by atoms with E-state index in [-0.39, 0.29) is 11.7 Å². The number of thioether (sulfide) groups is 1. The van der Waals surface area contributed by atoms with Gasteiger partial charge in [-0.1, -0.05) is 60.0 Å². The van der Waals surface area contributed by atoms with Gasteiger partial charge in [-0.25, -0.2) is 0 Å². The topological polar surface area (TPSA) is 72.7 Å². The number of pyridine rings is 1. The van der Waals surface area contributed by atoms with Gasteiger partial charge < -0.3 is 9.88 Å². The minimum atomic E-state index is -0.0967. The highest BCUT2D eigenvalue weighted by Gasteiger charge is 2.13. The molecular weight excluding hydrogens is 406 g/mol. The molecule has 31 heavy (non-hydrogen) atoms. The fourth-order valence-corrected chi connectivity index (χ4v) is 3.55. The Bertz CT molecular complexity index is 1240. The van der Waals surface area contributed by atoms with Crippen molar-refractivity contribution >= 4 is 23.4 Å². The van der Waals surface area contributed by atoms with Crippen LogP contribution in [0.1, 0.15) is 11.1 Å². The Kier molecular flexibility index (Phi) is 6.41. The van der Waals surface area contributed by atoms with Crippen LogP contribution in [0.25, 0.3) is 11.4 Å². The quantitative estimate of drug-likeness (QED) is 0.386. The van der Waals surface area contributed by atoms with Crippen LogP contribution in [0.3, 0.4) is 0 Å². The largest absolute Gasteiger partial charge is 0.325 e. The van der Waals surface area contributed by atoms with Crippen LogP contribution in [0.2, 0.25) is 0 Å². The van der Waals surface area contributed by atoms with Gasteiger partial charge in [0.05, 0.1) is 5.75 Å². The number of hydrogen-bond acceptors (Lipinski definition) is 5.